The molecule has 1 amide bonds. The third-order valence-electron chi connectivity index (χ3n) is 4.19. The van der Waals surface area contributed by atoms with E-state index in [9.17, 15) is 4.79 Å². The number of hydrogen-bond acceptors (Lipinski definition) is 3. The standard InChI is InChI=1S/C16H26N2O2/c1-4-8-16(9-5-10-17-12-16)15(19)18(3)11-14-7-6-13(2)20-14/h6-7,17H,4-5,8-12H2,1-3H3. The maximum atomic E-state index is 12.9. The average Bonchev–Trinajstić information content (AvgIpc) is 2.84. The van der Waals surface area contributed by atoms with Gasteiger partial charge in [0.1, 0.15) is 11.5 Å². The van der Waals surface area contributed by atoms with Gasteiger partial charge in [0, 0.05) is 13.6 Å². The van der Waals surface area contributed by atoms with E-state index in [-0.39, 0.29) is 11.3 Å². The molecule has 0 bridgehead atoms. The van der Waals surface area contributed by atoms with Gasteiger partial charge in [0.15, 0.2) is 0 Å². The molecule has 4 heteroatoms. The van der Waals surface area contributed by atoms with Gasteiger partial charge in [-0.1, -0.05) is 13.3 Å². The highest BCUT2D eigenvalue weighted by Gasteiger charge is 2.40. The summed E-state index contributed by atoms with van der Waals surface area (Å²) in [6.45, 7) is 6.47. The third kappa shape index (κ3) is 3.23. The Morgan fingerprint density at radius 2 is 2.30 bits per heavy atom. The first-order chi connectivity index (χ1) is 9.57. The number of amides is 1. The second-order valence-corrected chi connectivity index (χ2v) is 5.98. The Morgan fingerprint density at radius 1 is 1.50 bits per heavy atom. The van der Waals surface area contributed by atoms with E-state index in [1.165, 1.54) is 0 Å². The van der Waals surface area contributed by atoms with Gasteiger partial charge in [-0.25, -0.2) is 0 Å². The predicted octanol–water partition coefficient (Wildman–Crippen LogP) is 2.72. The van der Waals surface area contributed by atoms with E-state index in [2.05, 4.69) is 12.2 Å². The van der Waals surface area contributed by atoms with Crippen LogP contribution in [0.3, 0.4) is 0 Å². The van der Waals surface area contributed by atoms with Crippen LogP contribution >= 0.6 is 0 Å². The Kier molecular flexibility index (Phi) is 4.86. The maximum Gasteiger partial charge on any atom is 0.230 e. The van der Waals surface area contributed by atoms with Gasteiger partial charge in [-0.2, -0.15) is 0 Å². The van der Waals surface area contributed by atoms with E-state index < -0.39 is 0 Å². The van der Waals surface area contributed by atoms with Crippen molar-refractivity contribution in [2.45, 2.75) is 46.1 Å². The van der Waals surface area contributed by atoms with Gasteiger partial charge < -0.3 is 14.6 Å². The van der Waals surface area contributed by atoms with Crippen LogP contribution in [0.1, 0.15) is 44.1 Å². The Balaban J connectivity index is 2.06. The minimum absolute atomic E-state index is 0.219. The fraction of sp³-hybridized carbons (Fsp3) is 0.688. The van der Waals surface area contributed by atoms with E-state index in [1.54, 1.807) is 0 Å². The minimum atomic E-state index is -0.219. The van der Waals surface area contributed by atoms with E-state index >= 15 is 0 Å². The molecular formula is C16H26N2O2. The highest BCUT2D eigenvalue weighted by atomic mass is 16.3. The molecule has 1 saturated heterocycles. The smallest absolute Gasteiger partial charge is 0.230 e. The molecule has 1 aromatic heterocycles. The number of piperidine rings is 1. The zero-order valence-corrected chi connectivity index (χ0v) is 12.9. The lowest BCUT2D eigenvalue weighted by atomic mass is 9.76. The van der Waals surface area contributed by atoms with Gasteiger partial charge in [0.05, 0.1) is 12.0 Å². The Labute approximate surface area is 121 Å². The lowest BCUT2D eigenvalue weighted by Crippen LogP contribution is -2.50. The first kappa shape index (κ1) is 15.1. The van der Waals surface area contributed by atoms with Crippen molar-refractivity contribution in [1.29, 1.82) is 0 Å². The summed E-state index contributed by atoms with van der Waals surface area (Å²) in [6.07, 6.45) is 4.08. The first-order valence-corrected chi connectivity index (χ1v) is 7.59. The fourth-order valence-electron chi connectivity index (χ4n) is 3.23. The van der Waals surface area contributed by atoms with Crippen molar-refractivity contribution in [3.8, 4) is 0 Å². The third-order valence-corrected chi connectivity index (χ3v) is 4.19. The van der Waals surface area contributed by atoms with Crippen LogP contribution in [0, 0.1) is 12.3 Å². The highest BCUT2D eigenvalue weighted by Crippen LogP contribution is 2.34. The molecule has 1 aliphatic rings. The number of nitrogens with zero attached hydrogens (tertiary/aromatic N) is 1. The SMILES string of the molecule is CCCC1(C(=O)N(C)Cc2ccc(C)o2)CCCNC1. The Hall–Kier alpha value is -1.29. The van der Waals surface area contributed by atoms with E-state index in [0.717, 1.165) is 50.3 Å². The molecule has 1 fully saturated rings. The highest BCUT2D eigenvalue weighted by molar-refractivity contribution is 5.82. The molecule has 0 radical (unpaired) electrons. The van der Waals surface area contributed by atoms with Gasteiger partial charge in [0.25, 0.3) is 0 Å². The molecule has 0 saturated carbocycles. The summed E-state index contributed by atoms with van der Waals surface area (Å²) < 4.78 is 5.58. The summed E-state index contributed by atoms with van der Waals surface area (Å²) >= 11 is 0. The molecule has 0 spiro atoms. The van der Waals surface area contributed by atoms with Crippen LogP contribution in [0.15, 0.2) is 16.5 Å². The summed E-state index contributed by atoms with van der Waals surface area (Å²) in [4.78, 5) is 14.7. The zero-order chi connectivity index (χ0) is 14.6. The Morgan fingerprint density at radius 3 is 2.85 bits per heavy atom. The first-order valence-electron chi connectivity index (χ1n) is 7.59. The normalized spacial score (nSPS) is 22.8. The van der Waals surface area contributed by atoms with Crippen molar-refractivity contribution < 1.29 is 9.21 Å². The average molecular weight is 278 g/mol. The summed E-state index contributed by atoms with van der Waals surface area (Å²) in [5.74, 6) is 2.00. The number of carbonyl (C=O) groups is 1. The molecular weight excluding hydrogens is 252 g/mol. The van der Waals surface area contributed by atoms with Crippen LogP contribution < -0.4 is 5.32 Å². The van der Waals surface area contributed by atoms with Crippen LogP contribution in [-0.2, 0) is 11.3 Å². The molecule has 1 aliphatic heterocycles. The molecule has 1 aromatic rings. The number of hydrogen-bond donors (Lipinski definition) is 1. The topological polar surface area (TPSA) is 45.5 Å². The van der Waals surface area contributed by atoms with Crippen LogP contribution in [-0.4, -0.2) is 30.9 Å². The number of carbonyl (C=O) groups excluding carboxylic acids is 1. The lowest BCUT2D eigenvalue weighted by Gasteiger charge is -2.38. The maximum absolute atomic E-state index is 12.9. The second-order valence-electron chi connectivity index (χ2n) is 5.98. The van der Waals surface area contributed by atoms with Crippen LogP contribution in [0.4, 0.5) is 0 Å². The number of furan rings is 1. The number of aryl methyl sites for hydroxylation is 1. The molecule has 1 unspecified atom stereocenters. The molecule has 4 nitrogen and oxygen atoms in total. The van der Waals surface area contributed by atoms with Crippen LogP contribution in [0.5, 0.6) is 0 Å². The second kappa shape index (κ2) is 6.44. The van der Waals surface area contributed by atoms with Gasteiger partial charge >= 0.3 is 0 Å². The van der Waals surface area contributed by atoms with Crippen molar-refractivity contribution >= 4 is 5.91 Å². The summed E-state index contributed by atoms with van der Waals surface area (Å²) in [6, 6.07) is 3.89. The van der Waals surface area contributed by atoms with Crippen molar-refractivity contribution in [3.05, 3.63) is 23.7 Å². The zero-order valence-electron chi connectivity index (χ0n) is 12.9. The minimum Gasteiger partial charge on any atom is -0.464 e. The van der Waals surface area contributed by atoms with E-state index in [4.69, 9.17) is 4.42 Å². The lowest BCUT2D eigenvalue weighted by molar-refractivity contribution is -0.143. The molecule has 0 aliphatic carbocycles. The monoisotopic (exact) mass is 278 g/mol. The van der Waals surface area contributed by atoms with Gasteiger partial charge in [-0.05, 0) is 44.9 Å². The molecule has 112 valence electrons. The van der Waals surface area contributed by atoms with Crippen molar-refractivity contribution in [2.75, 3.05) is 20.1 Å². The van der Waals surface area contributed by atoms with Gasteiger partial charge in [0.2, 0.25) is 5.91 Å². The van der Waals surface area contributed by atoms with Crippen molar-refractivity contribution in [2.24, 2.45) is 5.41 Å². The molecule has 20 heavy (non-hydrogen) atoms. The predicted molar refractivity (Wildman–Crippen MR) is 79.4 cm³/mol. The van der Waals surface area contributed by atoms with E-state index in [0.29, 0.717) is 6.54 Å². The molecule has 0 aromatic carbocycles. The quantitative estimate of drug-likeness (QED) is 0.900. The van der Waals surface area contributed by atoms with Gasteiger partial charge in [-0.3, -0.25) is 4.79 Å². The number of nitrogens with one attached hydrogen (secondary N) is 1. The number of rotatable bonds is 5. The van der Waals surface area contributed by atoms with Gasteiger partial charge in [-0.15, -0.1) is 0 Å². The molecule has 1 N–H and O–H groups in total. The van der Waals surface area contributed by atoms with Crippen molar-refractivity contribution in [3.63, 3.8) is 0 Å². The largest absolute Gasteiger partial charge is 0.464 e. The van der Waals surface area contributed by atoms with Crippen molar-refractivity contribution in [1.82, 2.24) is 10.2 Å². The summed E-state index contributed by atoms with van der Waals surface area (Å²) in [7, 11) is 1.88. The molecule has 2 heterocycles. The summed E-state index contributed by atoms with van der Waals surface area (Å²) in [5, 5.41) is 3.39. The Bertz CT molecular complexity index is 442. The fourth-order valence-corrected chi connectivity index (χ4v) is 3.23. The summed E-state index contributed by atoms with van der Waals surface area (Å²) in [5.41, 5.74) is -0.219. The molecule has 2 rings (SSSR count). The molecule has 1 atom stereocenters. The van der Waals surface area contributed by atoms with E-state index in [1.807, 2.05) is 31.0 Å². The van der Waals surface area contributed by atoms with Crippen LogP contribution in [0.2, 0.25) is 0 Å². The van der Waals surface area contributed by atoms with Crippen LogP contribution in [0.25, 0.3) is 0 Å².